The summed E-state index contributed by atoms with van der Waals surface area (Å²) < 4.78 is 0. The van der Waals surface area contributed by atoms with E-state index in [2.05, 4.69) is 31.2 Å². The predicted molar refractivity (Wildman–Crippen MR) is 128 cm³/mol. The Bertz CT molecular complexity index is 1350. The second-order valence-electron chi connectivity index (χ2n) is 8.35. The van der Waals surface area contributed by atoms with E-state index in [-0.39, 0.29) is 6.42 Å². The number of anilines is 2. The van der Waals surface area contributed by atoms with Crippen LogP contribution in [-0.4, -0.2) is 21.7 Å². The Hall–Kier alpha value is -3.70. The summed E-state index contributed by atoms with van der Waals surface area (Å²) in [5.41, 5.74) is 12.5. The number of hydrogen-bond acceptors (Lipinski definition) is 4. The molecule has 1 aliphatic rings. The number of nitrogens with zero attached hydrogens (tertiary/aromatic N) is 2. The van der Waals surface area contributed by atoms with Crippen LogP contribution in [0, 0.1) is 6.92 Å². The second kappa shape index (κ2) is 7.46. The Balaban J connectivity index is 1.85. The van der Waals surface area contributed by atoms with Crippen LogP contribution in [0.1, 0.15) is 23.7 Å². The first-order valence-electron chi connectivity index (χ1n) is 10.8. The fourth-order valence-corrected chi connectivity index (χ4v) is 4.77. The fourth-order valence-electron chi connectivity index (χ4n) is 4.77. The number of aliphatic carboxylic acids is 1. The summed E-state index contributed by atoms with van der Waals surface area (Å²) >= 11 is 0. The van der Waals surface area contributed by atoms with Gasteiger partial charge in [-0.3, -0.25) is 10.7 Å². The summed E-state index contributed by atoms with van der Waals surface area (Å²) in [6, 6.07) is 24.2. The molecule has 0 fully saturated rings. The number of nitrogens with two attached hydrogens (primary N) is 1. The monoisotopic (exact) mass is 423 g/mol. The Kier molecular flexibility index (Phi) is 4.72. The minimum absolute atomic E-state index is 0.194. The highest BCUT2D eigenvalue weighted by Crippen LogP contribution is 2.48. The average molecular weight is 424 g/mol. The number of carboxylic acid groups (broad SMARTS) is 1. The van der Waals surface area contributed by atoms with Crippen LogP contribution in [0.5, 0.6) is 0 Å². The van der Waals surface area contributed by atoms with E-state index in [0.717, 1.165) is 56.6 Å². The van der Waals surface area contributed by atoms with Gasteiger partial charge in [0.1, 0.15) is 0 Å². The van der Waals surface area contributed by atoms with E-state index < -0.39 is 11.6 Å². The first-order valence-corrected chi connectivity index (χ1v) is 10.8. The molecule has 32 heavy (non-hydrogen) atoms. The van der Waals surface area contributed by atoms with Crippen LogP contribution in [0.15, 0.2) is 72.8 Å². The topological polar surface area (TPSA) is 79.5 Å². The lowest BCUT2D eigenvalue weighted by atomic mass is 9.99. The Morgan fingerprint density at radius 2 is 1.78 bits per heavy atom. The highest BCUT2D eigenvalue weighted by Gasteiger charge is 2.50. The molecule has 3 N–H and O–H groups in total. The van der Waals surface area contributed by atoms with Gasteiger partial charge in [0.15, 0.2) is 5.66 Å². The minimum atomic E-state index is -1.59. The maximum atomic E-state index is 12.5. The molecule has 0 saturated carbocycles. The van der Waals surface area contributed by atoms with E-state index in [1.54, 1.807) is 0 Å². The molecule has 0 amide bonds. The quantitative estimate of drug-likeness (QED) is 0.471. The SMILES string of the molecule is CCc1ccccc1N1c2c(c(C)nc3ccc(-c4ccccc4)cc23)CC1(N)C(=O)O. The molecule has 1 atom stereocenters. The van der Waals surface area contributed by atoms with Crippen molar-refractivity contribution in [2.45, 2.75) is 32.4 Å². The molecule has 3 aromatic carbocycles. The number of fused-ring (bicyclic) bond motifs is 3. The summed E-state index contributed by atoms with van der Waals surface area (Å²) in [5.74, 6) is -1.05. The van der Waals surface area contributed by atoms with Gasteiger partial charge in [-0.15, -0.1) is 0 Å². The van der Waals surface area contributed by atoms with E-state index in [1.807, 2.05) is 60.4 Å². The number of aromatic nitrogens is 1. The summed E-state index contributed by atoms with van der Waals surface area (Å²) in [6.07, 6.45) is 0.967. The molecule has 0 aliphatic carbocycles. The zero-order chi connectivity index (χ0) is 22.5. The maximum Gasteiger partial charge on any atom is 0.345 e. The third-order valence-corrected chi connectivity index (χ3v) is 6.42. The summed E-state index contributed by atoms with van der Waals surface area (Å²) in [6.45, 7) is 4.00. The Labute approximate surface area is 187 Å². The third kappa shape index (κ3) is 2.97. The molecule has 5 rings (SSSR count). The first kappa shape index (κ1) is 20.2. The fraction of sp³-hybridized carbons (Fsp3) is 0.185. The number of rotatable bonds is 4. The number of pyridine rings is 1. The van der Waals surface area contributed by atoms with E-state index in [9.17, 15) is 9.90 Å². The Morgan fingerprint density at radius 3 is 2.50 bits per heavy atom. The van der Waals surface area contributed by atoms with Gasteiger partial charge in [0, 0.05) is 28.8 Å². The van der Waals surface area contributed by atoms with Gasteiger partial charge < -0.3 is 10.0 Å². The molecular formula is C27H25N3O2. The van der Waals surface area contributed by atoms with Gasteiger partial charge in [-0.05, 0) is 48.2 Å². The summed E-state index contributed by atoms with van der Waals surface area (Å²) in [4.78, 5) is 19.2. The van der Waals surface area contributed by atoms with Crippen molar-refractivity contribution in [3.05, 3.63) is 89.6 Å². The Morgan fingerprint density at radius 1 is 1.06 bits per heavy atom. The van der Waals surface area contributed by atoms with Crippen molar-refractivity contribution in [2.24, 2.45) is 5.73 Å². The van der Waals surface area contributed by atoms with Crippen molar-refractivity contribution in [2.75, 3.05) is 4.90 Å². The predicted octanol–water partition coefficient (Wildman–Crippen LogP) is 5.21. The highest BCUT2D eigenvalue weighted by atomic mass is 16.4. The zero-order valence-corrected chi connectivity index (χ0v) is 18.2. The van der Waals surface area contributed by atoms with Crippen LogP contribution in [-0.2, 0) is 17.6 Å². The average Bonchev–Trinajstić information content (AvgIpc) is 3.14. The summed E-state index contributed by atoms with van der Waals surface area (Å²) in [5, 5.41) is 11.2. The van der Waals surface area contributed by atoms with Crippen molar-refractivity contribution in [1.29, 1.82) is 0 Å². The number of carboxylic acids is 1. The molecule has 2 heterocycles. The van der Waals surface area contributed by atoms with Crippen molar-refractivity contribution >= 4 is 28.2 Å². The number of carbonyl (C=O) groups is 1. The molecule has 0 spiro atoms. The highest BCUT2D eigenvalue weighted by molar-refractivity contribution is 6.04. The van der Waals surface area contributed by atoms with E-state index in [4.69, 9.17) is 10.7 Å². The van der Waals surface area contributed by atoms with E-state index in [1.165, 1.54) is 0 Å². The number of aryl methyl sites for hydroxylation is 2. The van der Waals surface area contributed by atoms with Gasteiger partial charge in [0.2, 0.25) is 0 Å². The van der Waals surface area contributed by atoms with Crippen LogP contribution >= 0.6 is 0 Å². The number of benzene rings is 3. The molecule has 0 bridgehead atoms. The summed E-state index contributed by atoms with van der Waals surface area (Å²) in [7, 11) is 0. The second-order valence-corrected chi connectivity index (χ2v) is 8.35. The molecule has 1 aliphatic heterocycles. The lowest BCUT2D eigenvalue weighted by molar-refractivity contribution is -0.142. The molecule has 0 saturated heterocycles. The van der Waals surface area contributed by atoms with Crippen molar-refractivity contribution in [1.82, 2.24) is 4.98 Å². The van der Waals surface area contributed by atoms with Crippen molar-refractivity contribution in [3.63, 3.8) is 0 Å². The molecule has 0 radical (unpaired) electrons. The molecule has 1 unspecified atom stereocenters. The minimum Gasteiger partial charge on any atom is -0.478 e. The number of para-hydroxylation sites is 1. The first-order chi connectivity index (χ1) is 15.4. The molecule has 5 heteroatoms. The zero-order valence-electron chi connectivity index (χ0n) is 18.2. The van der Waals surface area contributed by atoms with Crippen LogP contribution < -0.4 is 10.6 Å². The van der Waals surface area contributed by atoms with Crippen molar-refractivity contribution < 1.29 is 9.90 Å². The van der Waals surface area contributed by atoms with Gasteiger partial charge in [-0.1, -0.05) is 61.5 Å². The van der Waals surface area contributed by atoms with E-state index in [0.29, 0.717) is 0 Å². The lowest BCUT2D eigenvalue weighted by Gasteiger charge is -2.35. The molecule has 1 aromatic heterocycles. The standard InChI is InChI=1S/C27H25N3O2/c1-3-18-9-7-8-12-24(18)30-25-21-15-20(19-10-5-4-6-11-19)13-14-23(21)29-17(2)22(25)16-27(30,28)26(31)32/h4-15H,3,16,28H2,1-2H3,(H,31,32). The van der Waals surface area contributed by atoms with Gasteiger partial charge in [0.25, 0.3) is 0 Å². The van der Waals surface area contributed by atoms with Crippen LogP contribution in [0.25, 0.3) is 22.0 Å². The van der Waals surface area contributed by atoms with Crippen LogP contribution in [0.4, 0.5) is 11.4 Å². The van der Waals surface area contributed by atoms with Crippen molar-refractivity contribution in [3.8, 4) is 11.1 Å². The van der Waals surface area contributed by atoms with E-state index >= 15 is 0 Å². The van der Waals surface area contributed by atoms with Gasteiger partial charge >= 0.3 is 5.97 Å². The van der Waals surface area contributed by atoms with Crippen LogP contribution in [0.3, 0.4) is 0 Å². The van der Waals surface area contributed by atoms with Gasteiger partial charge in [-0.2, -0.15) is 0 Å². The molecule has 4 aromatic rings. The maximum absolute atomic E-state index is 12.5. The smallest absolute Gasteiger partial charge is 0.345 e. The largest absolute Gasteiger partial charge is 0.478 e. The molecule has 5 nitrogen and oxygen atoms in total. The van der Waals surface area contributed by atoms with Gasteiger partial charge in [-0.25, -0.2) is 4.79 Å². The van der Waals surface area contributed by atoms with Crippen LogP contribution in [0.2, 0.25) is 0 Å². The van der Waals surface area contributed by atoms with Gasteiger partial charge in [0.05, 0.1) is 11.2 Å². The normalized spacial score (nSPS) is 17.5. The number of hydrogen-bond donors (Lipinski definition) is 2. The lowest BCUT2D eigenvalue weighted by Crippen LogP contribution is -2.59. The third-order valence-electron chi connectivity index (χ3n) is 6.42. The molecular weight excluding hydrogens is 398 g/mol. The molecule has 160 valence electrons.